The second-order valence-corrected chi connectivity index (χ2v) is 6.22. The number of methoxy groups -OCH3 is 1. The molecule has 3 rings (SSSR count). The summed E-state index contributed by atoms with van der Waals surface area (Å²) in [7, 11) is 1.58. The number of para-hydroxylation sites is 2. The molecule has 0 bridgehead atoms. The van der Waals surface area contributed by atoms with E-state index in [-0.39, 0.29) is 18.6 Å². The lowest BCUT2D eigenvalue weighted by Gasteiger charge is -2.31. The molecular weight excluding hydrogens is 332 g/mol. The summed E-state index contributed by atoms with van der Waals surface area (Å²) in [6, 6.07) is 11.1. The molecule has 6 nitrogen and oxygen atoms in total. The van der Waals surface area contributed by atoms with Crippen LogP contribution < -0.4 is 14.8 Å². The van der Waals surface area contributed by atoms with Crippen LogP contribution in [-0.4, -0.2) is 37.8 Å². The van der Waals surface area contributed by atoms with Gasteiger partial charge < -0.3 is 19.5 Å². The first-order valence-electron chi connectivity index (χ1n) is 8.81. The zero-order chi connectivity index (χ0) is 18.2. The van der Waals surface area contributed by atoms with Crippen LogP contribution in [0, 0.1) is 5.92 Å². The van der Waals surface area contributed by atoms with Gasteiger partial charge in [-0.15, -0.1) is 0 Å². The van der Waals surface area contributed by atoms with Crippen molar-refractivity contribution >= 4 is 5.91 Å². The van der Waals surface area contributed by atoms with E-state index in [1.54, 1.807) is 25.4 Å². The van der Waals surface area contributed by atoms with Gasteiger partial charge in [0.2, 0.25) is 0 Å². The molecule has 138 valence electrons. The molecule has 1 unspecified atom stereocenters. The monoisotopic (exact) mass is 356 g/mol. The molecule has 1 amide bonds. The third-order valence-electron chi connectivity index (χ3n) is 4.53. The fraction of sp³-hybridized carbons (Fsp3) is 0.400. The average Bonchev–Trinajstić information content (AvgIpc) is 2.72. The molecule has 0 spiro atoms. The van der Waals surface area contributed by atoms with E-state index in [1.807, 2.05) is 30.5 Å². The summed E-state index contributed by atoms with van der Waals surface area (Å²) in [5, 5.41) is 3.11. The molecule has 0 saturated carbocycles. The second kappa shape index (κ2) is 9.20. The predicted octanol–water partition coefficient (Wildman–Crippen LogP) is 2.75. The summed E-state index contributed by atoms with van der Waals surface area (Å²) in [5.41, 5.74) is 1.00. The topological polar surface area (TPSA) is 69.7 Å². The van der Waals surface area contributed by atoms with Crippen LogP contribution in [-0.2, 0) is 9.53 Å². The first kappa shape index (κ1) is 18.2. The molecule has 1 aromatic heterocycles. The first-order chi connectivity index (χ1) is 12.8. The van der Waals surface area contributed by atoms with Crippen molar-refractivity contribution in [3.63, 3.8) is 0 Å². The van der Waals surface area contributed by atoms with Crippen molar-refractivity contribution in [2.75, 3.05) is 26.9 Å². The van der Waals surface area contributed by atoms with E-state index in [0.29, 0.717) is 17.4 Å². The number of benzene rings is 1. The Balaban J connectivity index is 1.65. The summed E-state index contributed by atoms with van der Waals surface area (Å²) >= 11 is 0. The first-order valence-corrected chi connectivity index (χ1v) is 8.81. The number of hydrogen-bond acceptors (Lipinski definition) is 5. The Bertz CT molecular complexity index is 702. The lowest BCUT2D eigenvalue weighted by atomic mass is 9.87. The lowest BCUT2D eigenvalue weighted by molar-refractivity contribution is -0.124. The number of pyridine rings is 1. The number of ether oxygens (including phenoxy) is 3. The number of carbonyl (C=O) groups excluding carboxylic acids is 1. The van der Waals surface area contributed by atoms with Gasteiger partial charge in [-0.25, -0.2) is 0 Å². The van der Waals surface area contributed by atoms with Crippen molar-refractivity contribution in [1.29, 1.82) is 0 Å². The number of nitrogens with zero attached hydrogens (tertiary/aromatic N) is 1. The van der Waals surface area contributed by atoms with Gasteiger partial charge in [0.1, 0.15) is 0 Å². The van der Waals surface area contributed by atoms with Crippen LogP contribution in [0.4, 0.5) is 0 Å². The third kappa shape index (κ3) is 4.73. The maximum atomic E-state index is 12.5. The molecule has 1 aliphatic rings. The van der Waals surface area contributed by atoms with Gasteiger partial charge in [-0.05, 0) is 42.5 Å². The molecule has 6 heteroatoms. The van der Waals surface area contributed by atoms with Crippen molar-refractivity contribution in [2.45, 2.75) is 18.9 Å². The summed E-state index contributed by atoms with van der Waals surface area (Å²) in [5.74, 6) is 1.31. The summed E-state index contributed by atoms with van der Waals surface area (Å²) in [4.78, 5) is 16.7. The van der Waals surface area contributed by atoms with Gasteiger partial charge in [-0.1, -0.05) is 18.2 Å². The Morgan fingerprint density at radius 1 is 1.23 bits per heavy atom. The molecule has 1 aromatic carbocycles. The number of hydrogen-bond donors (Lipinski definition) is 1. The van der Waals surface area contributed by atoms with E-state index >= 15 is 0 Å². The number of aromatic nitrogens is 1. The molecule has 2 aromatic rings. The molecule has 1 saturated heterocycles. The third-order valence-corrected chi connectivity index (χ3v) is 4.53. The number of amides is 1. The summed E-state index contributed by atoms with van der Waals surface area (Å²) in [6.45, 7) is 1.37. The van der Waals surface area contributed by atoms with Crippen molar-refractivity contribution < 1.29 is 19.0 Å². The normalized spacial score (nSPS) is 15.9. The molecule has 2 heterocycles. The van der Waals surface area contributed by atoms with Gasteiger partial charge >= 0.3 is 0 Å². The largest absolute Gasteiger partial charge is 0.493 e. The van der Waals surface area contributed by atoms with Gasteiger partial charge in [0.25, 0.3) is 5.91 Å². The van der Waals surface area contributed by atoms with Crippen LogP contribution >= 0.6 is 0 Å². The highest BCUT2D eigenvalue weighted by Crippen LogP contribution is 2.30. The van der Waals surface area contributed by atoms with E-state index in [0.717, 1.165) is 31.6 Å². The molecule has 1 N–H and O–H groups in total. The number of rotatable bonds is 7. The smallest absolute Gasteiger partial charge is 0.258 e. The Morgan fingerprint density at radius 2 is 2.00 bits per heavy atom. The van der Waals surface area contributed by atoms with E-state index in [4.69, 9.17) is 14.2 Å². The Kier molecular flexibility index (Phi) is 6.44. The van der Waals surface area contributed by atoms with Crippen molar-refractivity contribution in [1.82, 2.24) is 10.3 Å². The van der Waals surface area contributed by atoms with Crippen LogP contribution in [0.1, 0.15) is 24.4 Å². The molecule has 0 aliphatic carbocycles. The quantitative estimate of drug-likeness (QED) is 0.826. The van der Waals surface area contributed by atoms with Crippen LogP contribution in [0.15, 0.2) is 48.8 Å². The number of nitrogens with one attached hydrogen (secondary N) is 1. The van der Waals surface area contributed by atoms with E-state index in [1.165, 1.54) is 0 Å². The van der Waals surface area contributed by atoms with Crippen LogP contribution in [0.2, 0.25) is 0 Å². The SMILES string of the molecule is COc1ccccc1OCC(=O)NC(c1cccnc1)C1CCOCC1. The Morgan fingerprint density at radius 3 is 2.69 bits per heavy atom. The predicted molar refractivity (Wildman–Crippen MR) is 97.2 cm³/mol. The number of carbonyl (C=O) groups is 1. The van der Waals surface area contributed by atoms with E-state index in [2.05, 4.69) is 10.3 Å². The minimum absolute atomic E-state index is 0.0691. The fourth-order valence-corrected chi connectivity index (χ4v) is 3.18. The van der Waals surface area contributed by atoms with Crippen LogP contribution in [0.5, 0.6) is 11.5 Å². The highest BCUT2D eigenvalue weighted by atomic mass is 16.5. The highest BCUT2D eigenvalue weighted by Gasteiger charge is 2.27. The van der Waals surface area contributed by atoms with Gasteiger partial charge in [-0.3, -0.25) is 9.78 Å². The minimum atomic E-state index is -0.170. The maximum absolute atomic E-state index is 12.5. The van der Waals surface area contributed by atoms with Gasteiger partial charge in [0.15, 0.2) is 18.1 Å². The van der Waals surface area contributed by atoms with E-state index < -0.39 is 0 Å². The zero-order valence-corrected chi connectivity index (χ0v) is 14.9. The minimum Gasteiger partial charge on any atom is -0.493 e. The second-order valence-electron chi connectivity index (χ2n) is 6.22. The molecule has 0 radical (unpaired) electrons. The zero-order valence-electron chi connectivity index (χ0n) is 14.9. The van der Waals surface area contributed by atoms with Gasteiger partial charge in [-0.2, -0.15) is 0 Å². The van der Waals surface area contributed by atoms with Gasteiger partial charge in [0, 0.05) is 25.6 Å². The molecule has 1 fully saturated rings. The molecular formula is C20H24N2O4. The van der Waals surface area contributed by atoms with Crippen LogP contribution in [0.3, 0.4) is 0 Å². The summed E-state index contributed by atoms with van der Waals surface area (Å²) < 4.78 is 16.3. The van der Waals surface area contributed by atoms with Gasteiger partial charge in [0.05, 0.1) is 13.2 Å². The average molecular weight is 356 g/mol. The molecule has 1 atom stereocenters. The van der Waals surface area contributed by atoms with Crippen molar-refractivity contribution in [3.05, 3.63) is 54.4 Å². The Labute approximate surface area is 153 Å². The molecule has 1 aliphatic heterocycles. The fourth-order valence-electron chi connectivity index (χ4n) is 3.18. The van der Waals surface area contributed by atoms with Crippen molar-refractivity contribution in [2.24, 2.45) is 5.92 Å². The molecule has 26 heavy (non-hydrogen) atoms. The van der Waals surface area contributed by atoms with Crippen molar-refractivity contribution in [3.8, 4) is 11.5 Å². The van der Waals surface area contributed by atoms with E-state index in [9.17, 15) is 4.79 Å². The summed E-state index contributed by atoms with van der Waals surface area (Å²) in [6.07, 6.45) is 5.36. The lowest BCUT2D eigenvalue weighted by Crippen LogP contribution is -2.38. The van der Waals surface area contributed by atoms with Crippen LogP contribution in [0.25, 0.3) is 0 Å². The standard InChI is InChI=1S/C20H24N2O4/c1-24-17-6-2-3-7-18(17)26-14-19(23)22-20(15-8-11-25-12-9-15)16-5-4-10-21-13-16/h2-7,10,13,15,20H,8-9,11-12,14H2,1H3,(H,22,23). The Hall–Kier alpha value is -2.60. The maximum Gasteiger partial charge on any atom is 0.258 e. The highest BCUT2D eigenvalue weighted by molar-refractivity contribution is 5.78.